The Morgan fingerprint density at radius 2 is 1.67 bits per heavy atom. The molecule has 0 atom stereocenters. The van der Waals surface area contributed by atoms with E-state index in [1.54, 1.807) is 0 Å². The van der Waals surface area contributed by atoms with Gasteiger partial charge in [0.15, 0.2) is 0 Å². The van der Waals surface area contributed by atoms with E-state index in [1.165, 1.54) is 74.9 Å². The first-order chi connectivity index (χ1) is 11.5. The lowest BCUT2D eigenvalue weighted by atomic mass is 10.0. The van der Waals surface area contributed by atoms with Gasteiger partial charge in [0.1, 0.15) is 0 Å². The summed E-state index contributed by atoms with van der Waals surface area (Å²) in [6.07, 6.45) is 17.8. The molecule has 0 radical (unpaired) electrons. The molecule has 1 aliphatic heterocycles. The van der Waals surface area contributed by atoms with Gasteiger partial charge < -0.3 is 4.90 Å². The Morgan fingerprint density at radius 3 is 2.25 bits per heavy atom. The Morgan fingerprint density at radius 1 is 0.958 bits per heavy atom. The van der Waals surface area contributed by atoms with Gasteiger partial charge in [0.05, 0.1) is 0 Å². The topological polar surface area (TPSA) is 3.24 Å². The van der Waals surface area contributed by atoms with E-state index in [4.69, 9.17) is 0 Å². The van der Waals surface area contributed by atoms with Crippen LogP contribution in [-0.4, -0.2) is 24.5 Å². The SMILES string of the molecule is C=C/C(=C\C(=C\C=C(C)C)C(=C)C)CCCCCN1CCCCC1. The van der Waals surface area contributed by atoms with Crippen molar-refractivity contribution in [3.63, 3.8) is 0 Å². The molecule has 0 bridgehead atoms. The van der Waals surface area contributed by atoms with E-state index in [0.29, 0.717) is 0 Å². The van der Waals surface area contributed by atoms with Gasteiger partial charge >= 0.3 is 0 Å². The third-order valence-corrected chi connectivity index (χ3v) is 4.58. The third kappa shape index (κ3) is 9.08. The van der Waals surface area contributed by atoms with Crippen LogP contribution in [0.2, 0.25) is 0 Å². The van der Waals surface area contributed by atoms with Crippen LogP contribution in [-0.2, 0) is 0 Å². The van der Waals surface area contributed by atoms with E-state index in [1.807, 2.05) is 6.08 Å². The van der Waals surface area contributed by atoms with Crippen molar-refractivity contribution in [1.82, 2.24) is 4.90 Å². The van der Waals surface area contributed by atoms with Crippen molar-refractivity contribution in [2.75, 3.05) is 19.6 Å². The lowest BCUT2D eigenvalue weighted by Gasteiger charge is -2.26. The molecular weight excluding hydrogens is 290 g/mol. The van der Waals surface area contributed by atoms with Crippen LogP contribution in [0.4, 0.5) is 0 Å². The van der Waals surface area contributed by atoms with Crippen molar-refractivity contribution in [1.29, 1.82) is 0 Å². The third-order valence-electron chi connectivity index (χ3n) is 4.58. The minimum Gasteiger partial charge on any atom is -0.303 e. The molecule has 24 heavy (non-hydrogen) atoms. The predicted molar refractivity (Wildman–Crippen MR) is 109 cm³/mol. The van der Waals surface area contributed by atoms with Crippen molar-refractivity contribution in [2.45, 2.75) is 65.7 Å². The van der Waals surface area contributed by atoms with E-state index in [-0.39, 0.29) is 0 Å². The second-order valence-corrected chi connectivity index (χ2v) is 7.28. The van der Waals surface area contributed by atoms with Crippen molar-refractivity contribution in [2.24, 2.45) is 0 Å². The minimum absolute atomic E-state index is 1.11. The summed E-state index contributed by atoms with van der Waals surface area (Å²) in [6, 6.07) is 0. The summed E-state index contributed by atoms with van der Waals surface area (Å²) in [6.45, 7) is 18.3. The number of hydrogen-bond donors (Lipinski definition) is 0. The van der Waals surface area contributed by atoms with Gasteiger partial charge in [-0.25, -0.2) is 0 Å². The average molecular weight is 328 g/mol. The maximum atomic E-state index is 4.10. The number of piperidine rings is 1. The van der Waals surface area contributed by atoms with Crippen LogP contribution in [0.5, 0.6) is 0 Å². The van der Waals surface area contributed by atoms with E-state index < -0.39 is 0 Å². The first kappa shape index (κ1) is 20.7. The lowest BCUT2D eigenvalue weighted by Crippen LogP contribution is -2.30. The Hall–Kier alpha value is -1.34. The first-order valence-electron chi connectivity index (χ1n) is 9.59. The van der Waals surface area contributed by atoms with E-state index in [0.717, 1.165) is 12.0 Å². The fourth-order valence-corrected chi connectivity index (χ4v) is 3.03. The molecule has 0 saturated carbocycles. The molecule has 1 rings (SSSR count). The molecule has 0 aromatic rings. The van der Waals surface area contributed by atoms with Crippen LogP contribution in [0.15, 0.2) is 59.8 Å². The fraction of sp³-hybridized carbons (Fsp3) is 0.565. The van der Waals surface area contributed by atoms with Crippen LogP contribution >= 0.6 is 0 Å². The van der Waals surface area contributed by atoms with Gasteiger partial charge in [0, 0.05) is 0 Å². The Balaban J connectivity index is 2.41. The maximum Gasteiger partial charge on any atom is -0.00187 e. The molecule has 1 fully saturated rings. The summed E-state index contributed by atoms with van der Waals surface area (Å²) >= 11 is 0. The van der Waals surface area contributed by atoms with Gasteiger partial charge in [0.25, 0.3) is 0 Å². The molecule has 0 spiro atoms. The van der Waals surface area contributed by atoms with Crippen molar-refractivity contribution < 1.29 is 0 Å². The minimum atomic E-state index is 1.11. The molecule has 134 valence electrons. The molecule has 1 aliphatic rings. The molecule has 0 amide bonds. The number of unbranched alkanes of at least 4 members (excludes halogenated alkanes) is 2. The summed E-state index contributed by atoms with van der Waals surface area (Å²) in [5, 5.41) is 0. The van der Waals surface area contributed by atoms with Gasteiger partial charge in [-0.15, -0.1) is 0 Å². The summed E-state index contributed by atoms with van der Waals surface area (Å²) in [5.41, 5.74) is 4.95. The largest absolute Gasteiger partial charge is 0.303 e. The zero-order chi connectivity index (χ0) is 17.8. The number of nitrogens with zero attached hydrogens (tertiary/aromatic N) is 1. The molecule has 0 N–H and O–H groups in total. The van der Waals surface area contributed by atoms with Crippen LogP contribution in [0.3, 0.4) is 0 Å². The van der Waals surface area contributed by atoms with Crippen molar-refractivity contribution >= 4 is 0 Å². The number of likely N-dealkylation sites (tertiary alicyclic amines) is 1. The molecule has 0 aromatic heterocycles. The smallest absolute Gasteiger partial charge is 0.00187 e. The number of hydrogen-bond acceptors (Lipinski definition) is 1. The summed E-state index contributed by atoms with van der Waals surface area (Å²) in [5.74, 6) is 0. The molecule has 0 aromatic carbocycles. The van der Waals surface area contributed by atoms with Crippen molar-refractivity contribution in [3.8, 4) is 0 Å². The molecule has 1 saturated heterocycles. The van der Waals surface area contributed by atoms with E-state index in [2.05, 4.69) is 57.1 Å². The summed E-state index contributed by atoms with van der Waals surface area (Å²) < 4.78 is 0. The van der Waals surface area contributed by atoms with Crippen LogP contribution in [0, 0.1) is 0 Å². The standard InChI is InChI=1S/C23H37N/c1-6-22(19-23(21(4)5)15-14-20(2)3)13-9-7-10-16-24-17-11-8-12-18-24/h6,14-15,19H,1,4,7-13,16-18H2,2-3,5H3/b22-19+,23-15-. The number of allylic oxidation sites excluding steroid dienone is 8. The molecule has 1 heteroatoms. The highest BCUT2D eigenvalue weighted by Gasteiger charge is 2.08. The van der Waals surface area contributed by atoms with Crippen LogP contribution < -0.4 is 0 Å². The normalized spacial score (nSPS) is 16.8. The van der Waals surface area contributed by atoms with Gasteiger partial charge in [-0.1, -0.05) is 61.4 Å². The second-order valence-electron chi connectivity index (χ2n) is 7.28. The van der Waals surface area contributed by atoms with Gasteiger partial charge in [-0.2, -0.15) is 0 Å². The Labute approximate surface area is 150 Å². The highest BCUT2D eigenvalue weighted by atomic mass is 15.1. The molecular formula is C23H37N. The molecule has 0 aliphatic carbocycles. The van der Waals surface area contributed by atoms with Crippen molar-refractivity contribution in [3.05, 3.63) is 59.8 Å². The average Bonchev–Trinajstić information content (AvgIpc) is 2.56. The maximum absolute atomic E-state index is 4.10. The van der Waals surface area contributed by atoms with E-state index >= 15 is 0 Å². The lowest BCUT2D eigenvalue weighted by molar-refractivity contribution is 0.224. The van der Waals surface area contributed by atoms with Crippen LogP contribution in [0.1, 0.15) is 65.7 Å². The van der Waals surface area contributed by atoms with Gasteiger partial charge in [-0.3, -0.25) is 0 Å². The second kappa shape index (κ2) is 12.1. The quantitative estimate of drug-likeness (QED) is 0.322. The summed E-state index contributed by atoms with van der Waals surface area (Å²) in [4.78, 5) is 2.63. The summed E-state index contributed by atoms with van der Waals surface area (Å²) in [7, 11) is 0. The molecule has 1 nitrogen and oxygen atoms in total. The predicted octanol–water partition coefficient (Wildman–Crippen LogP) is 6.61. The monoisotopic (exact) mass is 327 g/mol. The number of rotatable bonds is 10. The highest BCUT2D eigenvalue weighted by molar-refractivity contribution is 5.43. The van der Waals surface area contributed by atoms with Crippen LogP contribution in [0.25, 0.3) is 0 Å². The fourth-order valence-electron chi connectivity index (χ4n) is 3.03. The molecule has 0 unspecified atom stereocenters. The zero-order valence-electron chi connectivity index (χ0n) is 16.2. The molecule has 1 heterocycles. The van der Waals surface area contributed by atoms with Gasteiger partial charge in [0.2, 0.25) is 0 Å². The Bertz CT molecular complexity index is 480. The highest BCUT2D eigenvalue weighted by Crippen LogP contribution is 2.18. The first-order valence-corrected chi connectivity index (χ1v) is 9.59. The Kier molecular flexibility index (Phi) is 10.4. The zero-order valence-corrected chi connectivity index (χ0v) is 16.2. The van der Waals surface area contributed by atoms with E-state index in [9.17, 15) is 0 Å². The van der Waals surface area contributed by atoms with Gasteiger partial charge in [-0.05, 0) is 83.7 Å².